The van der Waals surface area contributed by atoms with Crippen LogP contribution in [0.2, 0.25) is 0 Å². The summed E-state index contributed by atoms with van der Waals surface area (Å²) in [5.41, 5.74) is 0. The van der Waals surface area contributed by atoms with E-state index < -0.39 is 0 Å². The lowest BCUT2D eigenvalue weighted by molar-refractivity contribution is -0.119. The van der Waals surface area contributed by atoms with Crippen LogP contribution < -0.4 is 10.2 Å². The summed E-state index contributed by atoms with van der Waals surface area (Å²) in [5, 5.41) is 12.8. The molecule has 3 aliphatic rings. The van der Waals surface area contributed by atoms with Crippen LogP contribution in [-0.2, 0) is 16.1 Å². The summed E-state index contributed by atoms with van der Waals surface area (Å²) in [6.45, 7) is 8.19. The van der Waals surface area contributed by atoms with Crippen molar-refractivity contribution in [3.05, 3.63) is 0 Å². The van der Waals surface area contributed by atoms with Crippen LogP contribution in [0.1, 0.15) is 39.5 Å². The summed E-state index contributed by atoms with van der Waals surface area (Å²) in [5.74, 6) is 3.80. The highest BCUT2D eigenvalue weighted by Crippen LogP contribution is 2.49. The summed E-state index contributed by atoms with van der Waals surface area (Å²) < 4.78 is 7.52. The van der Waals surface area contributed by atoms with Gasteiger partial charge in [-0.2, -0.15) is 0 Å². The first kappa shape index (κ1) is 19.1. The Hall–Kier alpha value is -1.28. The van der Waals surface area contributed by atoms with Gasteiger partial charge in [-0.25, -0.2) is 0 Å². The van der Waals surface area contributed by atoms with Crippen molar-refractivity contribution in [3.8, 4) is 0 Å². The van der Waals surface area contributed by atoms with Gasteiger partial charge in [-0.3, -0.25) is 9.36 Å². The van der Waals surface area contributed by atoms with Crippen LogP contribution in [0.4, 0.5) is 5.95 Å². The minimum Gasteiger partial charge on any atom is -0.378 e. The highest BCUT2D eigenvalue weighted by Gasteiger charge is 2.42. The third kappa shape index (κ3) is 4.11. The molecule has 3 fully saturated rings. The van der Waals surface area contributed by atoms with Crippen LogP contribution in [0.3, 0.4) is 0 Å². The summed E-state index contributed by atoms with van der Waals surface area (Å²) in [7, 11) is 0. The van der Waals surface area contributed by atoms with E-state index in [1.807, 2.05) is 0 Å². The molecule has 1 N–H and O–H groups in total. The molecule has 1 aliphatic heterocycles. The smallest absolute Gasteiger partial charge is 0.230 e. The number of hydrogen-bond donors (Lipinski definition) is 1. The van der Waals surface area contributed by atoms with Gasteiger partial charge in [0.15, 0.2) is 5.16 Å². The van der Waals surface area contributed by atoms with Gasteiger partial charge in [0, 0.05) is 25.7 Å². The summed E-state index contributed by atoms with van der Waals surface area (Å²) in [4.78, 5) is 14.7. The van der Waals surface area contributed by atoms with E-state index in [4.69, 9.17) is 4.74 Å². The average molecular weight is 394 g/mol. The first-order chi connectivity index (χ1) is 13.2. The zero-order valence-corrected chi connectivity index (χ0v) is 17.2. The SMILES string of the molecule is CCn1c(SCC(=O)N[C@H](C)[C@@H]2C[C@H]3CC[C@H]2C3)nnc1N1CCOCC1. The van der Waals surface area contributed by atoms with Gasteiger partial charge in [0.25, 0.3) is 0 Å². The van der Waals surface area contributed by atoms with Crippen LogP contribution in [-0.4, -0.2) is 58.8 Å². The maximum absolute atomic E-state index is 12.5. The maximum atomic E-state index is 12.5. The summed E-state index contributed by atoms with van der Waals surface area (Å²) in [6.07, 6.45) is 5.43. The standard InChI is InChI=1S/C19H31N5O2S/c1-3-24-18(23-6-8-26-9-7-23)21-22-19(24)27-12-17(25)20-13(2)16-11-14-4-5-15(16)10-14/h13-16H,3-12H2,1-2H3,(H,20,25)/t13-,14+,15+,16+/m1/s1. The van der Waals surface area contributed by atoms with Gasteiger partial charge in [0.1, 0.15) is 0 Å². The van der Waals surface area contributed by atoms with Crippen molar-refractivity contribution in [1.29, 1.82) is 0 Å². The predicted molar refractivity (Wildman–Crippen MR) is 106 cm³/mol. The third-order valence-electron chi connectivity index (χ3n) is 6.46. The van der Waals surface area contributed by atoms with Crippen LogP contribution in [0, 0.1) is 17.8 Å². The van der Waals surface area contributed by atoms with E-state index in [-0.39, 0.29) is 11.9 Å². The minimum atomic E-state index is 0.105. The Morgan fingerprint density at radius 3 is 2.78 bits per heavy atom. The van der Waals surface area contributed by atoms with Crippen LogP contribution >= 0.6 is 11.8 Å². The van der Waals surface area contributed by atoms with E-state index in [9.17, 15) is 4.79 Å². The van der Waals surface area contributed by atoms with Crippen molar-refractivity contribution < 1.29 is 9.53 Å². The molecule has 150 valence electrons. The van der Waals surface area contributed by atoms with E-state index in [0.29, 0.717) is 11.7 Å². The molecular weight excluding hydrogens is 362 g/mol. The lowest BCUT2D eigenvalue weighted by atomic mass is 9.84. The van der Waals surface area contributed by atoms with E-state index in [1.165, 1.54) is 37.4 Å². The molecule has 0 aromatic carbocycles. The normalized spacial score (nSPS) is 28.5. The fourth-order valence-corrected chi connectivity index (χ4v) is 5.91. The molecule has 1 aromatic rings. The Morgan fingerprint density at radius 2 is 2.11 bits per heavy atom. The molecule has 4 rings (SSSR count). The first-order valence-corrected chi connectivity index (χ1v) is 11.3. The molecular formula is C19H31N5O2S. The van der Waals surface area contributed by atoms with Crippen LogP contribution in [0.5, 0.6) is 0 Å². The Bertz CT molecular complexity index is 661. The van der Waals surface area contributed by atoms with Crippen molar-refractivity contribution in [1.82, 2.24) is 20.1 Å². The first-order valence-electron chi connectivity index (χ1n) is 10.3. The quantitative estimate of drug-likeness (QED) is 0.716. The highest BCUT2D eigenvalue weighted by molar-refractivity contribution is 7.99. The highest BCUT2D eigenvalue weighted by atomic mass is 32.2. The zero-order chi connectivity index (χ0) is 18.8. The van der Waals surface area contributed by atoms with Crippen molar-refractivity contribution in [3.63, 3.8) is 0 Å². The molecule has 8 heteroatoms. The fourth-order valence-electron chi connectivity index (χ4n) is 5.10. The maximum Gasteiger partial charge on any atom is 0.230 e. The predicted octanol–water partition coefficient (Wildman–Crippen LogP) is 2.17. The van der Waals surface area contributed by atoms with E-state index >= 15 is 0 Å². The summed E-state index contributed by atoms with van der Waals surface area (Å²) >= 11 is 1.48. The number of fused-ring (bicyclic) bond motifs is 2. The number of hydrogen-bond acceptors (Lipinski definition) is 6. The van der Waals surface area contributed by atoms with Gasteiger partial charge in [0.2, 0.25) is 11.9 Å². The molecule has 2 bridgehead atoms. The van der Waals surface area contributed by atoms with Crippen LogP contribution in [0.15, 0.2) is 5.16 Å². The Morgan fingerprint density at radius 1 is 1.30 bits per heavy atom. The van der Waals surface area contributed by atoms with Crippen molar-refractivity contribution in [2.75, 3.05) is 37.0 Å². The van der Waals surface area contributed by atoms with Gasteiger partial charge in [-0.15, -0.1) is 10.2 Å². The monoisotopic (exact) mass is 393 g/mol. The minimum absolute atomic E-state index is 0.105. The zero-order valence-electron chi connectivity index (χ0n) is 16.4. The molecule has 27 heavy (non-hydrogen) atoms. The number of anilines is 1. The fraction of sp³-hybridized carbons (Fsp3) is 0.842. The largest absolute Gasteiger partial charge is 0.378 e. The van der Waals surface area contributed by atoms with Gasteiger partial charge in [-0.05, 0) is 50.9 Å². The van der Waals surface area contributed by atoms with E-state index in [2.05, 4.69) is 38.8 Å². The molecule has 0 unspecified atom stereocenters. The lowest BCUT2D eigenvalue weighted by Gasteiger charge is -2.28. The molecule has 4 atom stereocenters. The van der Waals surface area contributed by atoms with Crippen molar-refractivity contribution in [2.45, 2.75) is 57.3 Å². The van der Waals surface area contributed by atoms with Crippen molar-refractivity contribution in [2.24, 2.45) is 17.8 Å². The number of nitrogens with zero attached hydrogens (tertiary/aromatic N) is 4. The number of amides is 1. The summed E-state index contributed by atoms with van der Waals surface area (Å²) in [6, 6.07) is 0.279. The second-order valence-corrected chi connectivity index (χ2v) is 9.05. The Labute approximate surface area is 165 Å². The van der Waals surface area contributed by atoms with Gasteiger partial charge < -0.3 is 15.0 Å². The molecule has 2 heterocycles. The molecule has 2 aliphatic carbocycles. The third-order valence-corrected chi connectivity index (χ3v) is 7.43. The second kappa shape index (κ2) is 8.39. The average Bonchev–Trinajstić information content (AvgIpc) is 3.42. The molecule has 1 saturated heterocycles. The molecule has 1 aromatic heterocycles. The Balaban J connectivity index is 1.30. The molecule has 2 saturated carbocycles. The number of carbonyl (C=O) groups excluding carboxylic acids is 1. The molecule has 0 spiro atoms. The number of ether oxygens (including phenoxy) is 1. The molecule has 7 nitrogen and oxygen atoms in total. The van der Waals surface area contributed by atoms with E-state index in [0.717, 1.165) is 55.8 Å². The number of rotatable bonds is 7. The number of nitrogens with one attached hydrogen (secondary N) is 1. The Kier molecular flexibility index (Phi) is 5.92. The topological polar surface area (TPSA) is 72.3 Å². The van der Waals surface area contributed by atoms with E-state index in [1.54, 1.807) is 0 Å². The molecule has 0 radical (unpaired) electrons. The van der Waals surface area contributed by atoms with Gasteiger partial charge in [0.05, 0.1) is 19.0 Å². The number of carbonyl (C=O) groups is 1. The number of morpholine rings is 1. The number of thioether (sulfide) groups is 1. The number of aromatic nitrogens is 3. The van der Waals surface area contributed by atoms with Gasteiger partial charge >= 0.3 is 0 Å². The van der Waals surface area contributed by atoms with Gasteiger partial charge in [-0.1, -0.05) is 18.2 Å². The van der Waals surface area contributed by atoms with Crippen molar-refractivity contribution >= 4 is 23.6 Å². The van der Waals surface area contributed by atoms with Crippen LogP contribution in [0.25, 0.3) is 0 Å². The second-order valence-electron chi connectivity index (χ2n) is 8.11. The lowest BCUT2D eigenvalue weighted by Crippen LogP contribution is -2.41. The molecule has 1 amide bonds.